The van der Waals surface area contributed by atoms with Crippen LogP contribution in [0.15, 0.2) is 47.4 Å². The Kier molecular flexibility index (Phi) is 6.37. The molecule has 0 amide bonds. The van der Waals surface area contributed by atoms with Gasteiger partial charge in [0, 0.05) is 50.0 Å². The van der Waals surface area contributed by atoms with E-state index < -0.39 is 15.8 Å². The van der Waals surface area contributed by atoms with Crippen LogP contribution in [0.5, 0.6) is 0 Å². The molecule has 0 unspecified atom stereocenters. The Morgan fingerprint density at radius 3 is 2.37 bits per heavy atom. The number of nitrogens with zero attached hydrogens (tertiary/aromatic N) is 2. The number of sulfonamides is 1. The standard InChI is InChI=1S/C19H23ClFN3O2S/c1-15-14-18(6-7-19(15)21)27(25,26)22-8-9-23-10-12-24(13-11-23)17-4-2-16(20)3-5-17/h2-7,14,22H,8-13H2,1H3. The molecule has 2 aromatic rings. The molecule has 0 saturated carbocycles. The molecule has 0 bridgehead atoms. The van der Waals surface area contributed by atoms with Gasteiger partial charge in [0.15, 0.2) is 0 Å². The van der Waals surface area contributed by atoms with Crippen molar-refractivity contribution in [3.63, 3.8) is 0 Å². The Morgan fingerprint density at radius 1 is 1.07 bits per heavy atom. The number of nitrogens with one attached hydrogen (secondary N) is 1. The summed E-state index contributed by atoms with van der Waals surface area (Å²) in [6.45, 7) is 5.99. The lowest BCUT2D eigenvalue weighted by Crippen LogP contribution is -2.48. The highest BCUT2D eigenvalue weighted by molar-refractivity contribution is 7.89. The van der Waals surface area contributed by atoms with Crippen molar-refractivity contribution in [1.29, 1.82) is 0 Å². The molecule has 27 heavy (non-hydrogen) atoms. The Hall–Kier alpha value is -1.67. The topological polar surface area (TPSA) is 52.7 Å². The van der Waals surface area contributed by atoms with E-state index in [0.717, 1.165) is 36.9 Å². The number of hydrogen-bond donors (Lipinski definition) is 1. The predicted molar refractivity (Wildman–Crippen MR) is 106 cm³/mol. The molecule has 0 aliphatic carbocycles. The van der Waals surface area contributed by atoms with Crippen molar-refractivity contribution in [2.24, 2.45) is 0 Å². The number of rotatable bonds is 6. The van der Waals surface area contributed by atoms with Gasteiger partial charge in [-0.25, -0.2) is 17.5 Å². The van der Waals surface area contributed by atoms with Crippen molar-refractivity contribution in [1.82, 2.24) is 9.62 Å². The number of anilines is 1. The summed E-state index contributed by atoms with van der Waals surface area (Å²) in [7, 11) is -3.62. The first kappa shape index (κ1) is 20.1. The van der Waals surface area contributed by atoms with Crippen LogP contribution in [0, 0.1) is 12.7 Å². The lowest BCUT2D eigenvalue weighted by molar-refractivity contribution is 0.262. The summed E-state index contributed by atoms with van der Waals surface area (Å²) in [5, 5.41) is 0.723. The average molecular weight is 412 g/mol. The van der Waals surface area contributed by atoms with E-state index in [9.17, 15) is 12.8 Å². The fraction of sp³-hybridized carbons (Fsp3) is 0.368. The highest BCUT2D eigenvalue weighted by atomic mass is 35.5. The van der Waals surface area contributed by atoms with Crippen LogP contribution in [0.3, 0.4) is 0 Å². The van der Waals surface area contributed by atoms with Crippen molar-refractivity contribution in [2.45, 2.75) is 11.8 Å². The molecule has 1 N–H and O–H groups in total. The van der Waals surface area contributed by atoms with Gasteiger partial charge in [-0.05, 0) is 55.0 Å². The summed E-state index contributed by atoms with van der Waals surface area (Å²) in [4.78, 5) is 4.61. The van der Waals surface area contributed by atoms with Crippen molar-refractivity contribution >= 4 is 27.3 Å². The summed E-state index contributed by atoms with van der Waals surface area (Å²) in [5.74, 6) is -0.410. The van der Waals surface area contributed by atoms with Gasteiger partial charge in [0.05, 0.1) is 4.90 Å². The molecule has 5 nitrogen and oxygen atoms in total. The molecule has 1 aliphatic rings. The number of halogens is 2. The summed E-state index contributed by atoms with van der Waals surface area (Å²) in [6.07, 6.45) is 0. The normalized spacial score (nSPS) is 15.9. The van der Waals surface area contributed by atoms with E-state index in [1.54, 1.807) is 6.92 Å². The van der Waals surface area contributed by atoms with Crippen LogP contribution in [-0.2, 0) is 10.0 Å². The fourth-order valence-electron chi connectivity index (χ4n) is 3.09. The monoisotopic (exact) mass is 411 g/mol. The largest absolute Gasteiger partial charge is 0.369 e. The van der Waals surface area contributed by atoms with E-state index >= 15 is 0 Å². The first-order chi connectivity index (χ1) is 12.8. The minimum atomic E-state index is -3.62. The van der Waals surface area contributed by atoms with Crippen LogP contribution in [0.4, 0.5) is 10.1 Å². The second-order valence-electron chi connectivity index (χ2n) is 6.61. The maximum absolute atomic E-state index is 13.3. The second-order valence-corrected chi connectivity index (χ2v) is 8.82. The molecule has 2 aromatic carbocycles. The molecule has 1 heterocycles. The van der Waals surface area contributed by atoms with Crippen molar-refractivity contribution in [2.75, 3.05) is 44.2 Å². The van der Waals surface area contributed by atoms with Crippen LogP contribution >= 0.6 is 11.6 Å². The maximum Gasteiger partial charge on any atom is 0.240 e. The minimum Gasteiger partial charge on any atom is -0.369 e. The molecular formula is C19H23ClFN3O2S. The van der Waals surface area contributed by atoms with Gasteiger partial charge in [0.25, 0.3) is 0 Å². The van der Waals surface area contributed by atoms with Crippen molar-refractivity contribution in [3.8, 4) is 0 Å². The lowest BCUT2D eigenvalue weighted by Gasteiger charge is -2.36. The molecule has 0 radical (unpaired) electrons. The van der Waals surface area contributed by atoms with Crippen molar-refractivity contribution in [3.05, 3.63) is 58.9 Å². The van der Waals surface area contributed by atoms with E-state index in [4.69, 9.17) is 11.6 Å². The van der Waals surface area contributed by atoms with E-state index in [2.05, 4.69) is 14.5 Å². The van der Waals surface area contributed by atoms with Crippen LogP contribution in [0.1, 0.15) is 5.56 Å². The Morgan fingerprint density at radius 2 is 1.74 bits per heavy atom. The molecule has 1 aliphatic heterocycles. The van der Waals surface area contributed by atoms with Gasteiger partial charge in [0.1, 0.15) is 5.82 Å². The van der Waals surface area contributed by atoms with Gasteiger partial charge in [-0.2, -0.15) is 0 Å². The first-order valence-electron chi connectivity index (χ1n) is 8.84. The van der Waals surface area contributed by atoms with Gasteiger partial charge in [0.2, 0.25) is 10.0 Å². The van der Waals surface area contributed by atoms with Crippen LogP contribution < -0.4 is 9.62 Å². The Balaban J connectivity index is 1.47. The highest BCUT2D eigenvalue weighted by Crippen LogP contribution is 2.19. The van der Waals surface area contributed by atoms with Gasteiger partial charge >= 0.3 is 0 Å². The quantitative estimate of drug-likeness (QED) is 0.794. The second kappa shape index (κ2) is 8.56. The number of hydrogen-bond acceptors (Lipinski definition) is 4. The molecule has 8 heteroatoms. The summed E-state index contributed by atoms with van der Waals surface area (Å²) >= 11 is 5.93. The van der Waals surface area contributed by atoms with Crippen LogP contribution in [-0.4, -0.2) is 52.6 Å². The van der Waals surface area contributed by atoms with E-state index in [1.165, 1.54) is 18.2 Å². The number of piperazine rings is 1. The zero-order valence-corrected chi connectivity index (χ0v) is 16.7. The molecule has 1 fully saturated rings. The molecular weight excluding hydrogens is 389 g/mol. The fourth-order valence-corrected chi connectivity index (χ4v) is 4.32. The van der Waals surface area contributed by atoms with Crippen LogP contribution in [0.2, 0.25) is 5.02 Å². The van der Waals surface area contributed by atoms with Gasteiger partial charge in [-0.1, -0.05) is 11.6 Å². The third-order valence-electron chi connectivity index (χ3n) is 4.72. The first-order valence-corrected chi connectivity index (χ1v) is 10.7. The number of benzene rings is 2. The zero-order valence-electron chi connectivity index (χ0n) is 15.2. The predicted octanol–water partition coefficient (Wildman–Crippen LogP) is 2.89. The van der Waals surface area contributed by atoms with Crippen LogP contribution in [0.25, 0.3) is 0 Å². The van der Waals surface area contributed by atoms with Gasteiger partial charge in [-0.3, -0.25) is 4.90 Å². The lowest BCUT2D eigenvalue weighted by atomic mass is 10.2. The van der Waals surface area contributed by atoms with Crippen molar-refractivity contribution < 1.29 is 12.8 Å². The Bertz CT molecular complexity index is 882. The molecule has 146 valence electrons. The Labute approximate surface area is 164 Å². The average Bonchev–Trinajstić information content (AvgIpc) is 2.65. The van der Waals surface area contributed by atoms with E-state index in [0.29, 0.717) is 18.7 Å². The third kappa shape index (κ3) is 5.19. The van der Waals surface area contributed by atoms with Gasteiger partial charge in [-0.15, -0.1) is 0 Å². The van der Waals surface area contributed by atoms with E-state index in [-0.39, 0.29) is 4.90 Å². The summed E-state index contributed by atoms with van der Waals surface area (Å²) in [5.41, 5.74) is 1.46. The number of aryl methyl sites for hydroxylation is 1. The SMILES string of the molecule is Cc1cc(S(=O)(=O)NCCN2CCN(c3ccc(Cl)cc3)CC2)ccc1F. The smallest absolute Gasteiger partial charge is 0.240 e. The molecule has 3 rings (SSSR count). The minimum absolute atomic E-state index is 0.0916. The third-order valence-corrected chi connectivity index (χ3v) is 6.43. The summed E-state index contributed by atoms with van der Waals surface area (Å²) in [6, 6.07) is 11.6. The highest BCUT2D eigenvalue weighted by Gasteiger charge is 2.19. The molecule has 1 saturated heterocycles. The summed E-state index contributed by atoms with van der Waals surface area (Å²) < 4.78 is 40.6. The zero-order chi connectivity index (χ0) is 19.4. The van der Waals surface area contributed by atoms with Gasteiger partial charge < -0.3 is 4.90 Å². The molecule has 0 spiro atoms. The molecule has 0 atom stereocenters. The molecule has 0 aromatic heterocycles. The maximum atomic E-state index is 13.3. The van der Waals surface area contributed by atoms with E-state index in [1.807, 2.05) is 24.3 Å².